The van der Waals surface area contributed by atoms with Crippen LogP contribution < -0.4 is 16.4 Å². The number of benzene rings is 1. The number of aryl methyl sites for hydroxylation is 2. The van der Waals surface area contributed by atoms with Crippen LogP contribution in [-0.2, 0) is 22.4 Å². The van der Waals surface area contributed by atoms with Gasteiger partial charge < -0.3 is 26.4 Å². The van der Waals surface area contributed by atoms with Crippen molar-refractivity contribution < 1.29 is 14.7 Å². The predicted octanol–water partition coefficient (Wildman–Crippen LogP) is 3.35. The fourth-order valence-electron chi connectivity index (χ4n) is 4.67. The molecule has 0 aliphatic carbocycles. The van der Waals surface area contributed by atoms with E-state index in [2.05, 4.69) is 37.6 Å². The summed E-state index contributed by atoms with van der Waals surface area (Å²) in [6.07, 6.45) is 7.12. The van der Waals surface area contributed by atoms with Gasteiger partial charge in [0.05, 0.1) is 0 Å². The summed E-state index contributed by atoms with van der Waals surface area (Å²) in [5.41, 5.74) is 8.60. The summed E-state index contributed by atoms with van der Waals surface area (Å²) < 4.78 is 0. The molecule has 10 heteroatoms. The van der Waals surface area contributed by atoms with Crippen LogP contribution in [0.15, 0.2) is 54.7 Å². The Hall–Kier alpha value is -4.05. The molecule has 1 aromatic carbocycles. The first-order valence-electron chi connectivity index (χ1n) is 13.6. The molecular formula is C29H37N7O3. The highest BCUT2D eigenvalue weighted by Gasteiger charge is 2.20. The molecule has 0 unspecified atom stereocenters. The van der Waals surface area contributed by atoms with E-state index >= 15 is 0 Å². The first-order valence-corrected chi connectivity index (χ1v) is 13.6. The number of hydrogen-bond acceptors (Lipinski definition) is 8. The highest BCUT2D eigenvalue weighted by Crippen LogP contribution is 2.20. The Morgan fingerprint density at radius 1 is 1.05 bits per heavy atom. The number of fused-ring (bicyclic) bond motifs is 1. The Morgan fingerprint density at radius 3 is 2.69 bits per heavy atom. The minimum Gasteiger partial charge on any atom is -0.480 e. The molecule has 0 radical (unpaired) electrons. The van der Waals surface area contributed by atoms with Crippen LogP contribution in [0.3, 0.4) is 0 Å². The third kappa shape index (κ3) is 8.75. The van der Waals surface area contributed by atoms with Crippen molar-refractivity contribution in [3.8, 4) is 11.4 Å². The van der Waals surface area contributed by atoms with Crippen LogP contribution in [0.5, 0.6) is 0 Å². The number of carboxylic acids is 1. The topological polar surface area (TPSA) is 146 Å². The van der Waals surface area contributed by atoms with Crippen molar-refractivity contribution in [2.24, 2.45) is 5.73 Å². The van der Waals surface area contributed by atoms with E-state index in [9.17, 15) is 14.7 Å². The normalized spacial score (nSPS) is 13.4. The molecule has 0 fully saturated rings. The van der Waals surface area contributed by atoms with Crippen molar-refractivity contribution in [1.29, 1.82) is 0 Å². The van der Waals surface area contributed by atoms with Gasteiger partial charge in [-0.25, -0.2) is 19.7 Å². The first-order chi connectivity index (χ1) is 19.0. The Balaban J connectivity index is 1.30. The van der Waals surface area contributed by atoms with Crippen molar-refractivity contribution in [2.45, 2.75) is 51.0 Å². The molecule has 3 heterocycles. The van der Waals surface area contributed by atoms with E-state index in [1.165, 1.54) is 5.56 Å². The maximum atomic E-state index is 12.0. The highest BCUT2D eigenvalue weighted by molar-refractivity contribution is 5.77. The number of nitrogens with one attached hydrogen (secondary N) is 2. The van der Waals surface area contributed by atoms with E-state index in [4.69, 9.17) is 10.7 Å². The number of carbonyl (C=O) groups excluding carboxylic acids is 1. The lowest BCUT2D eigenvalue weighted by Crippen LogP contribution is -2.37. The molecule has 0 spiro atoms. The summed E-state index contributed by atoms with van der Waals surface area (Å²) in [7, 11) is 0. The summed E-state index contributed by atoms with van der Waals surface area (Å²) >= 11 is 0. The zero-order valence-corrected chi connectivity index (χ0v) is 22.2. The van der Waals surface area contributed by atoms with E-state index in [1.54, 1.807) is 12.3 Å². The number of unbranched alkanes of at least 4 members (excludes halogenated alkanes) is 1. The fraction of sp³-hybridized carbons (Fsp3) is 0.414. The van der Waals surface area contributed by atoms with Gasteiger partial charge >= 0.3 is 5.97 Å². The molecule has 1 aliphatic rings. The predicted molar refractivity (Wildman–Crippen MR) is 151 cm³/mol. The van der Waals surface area contributed by atoms with Crippen LogP contribution in [-0.4, -0.2) is 69.1 Å². The number of aliphatic carboxylic acids is 1. The van der Waals surface area contributed by atoms with Gasteiger partial charge in [0, 0.05) is 43.5 Å². The maximum absolute atomic E-state index is 12.0. The van der Waals surface area contributed by atoms with Gasteiger partial charge in [0.25, 0.3) is 0 Å². The molecule has 1 atom stereocenters. The zero-order valence-electron chi connectivity index (χ0n) is 22.2. The van der Waals surface area contributed by atoms with Gasteiger partial charge in [-0.15, -0.1) is 0 Å². The molecule has 2 aromatic heterocycles. The molecule has 5 N–H and O–H groups in total. The Labute approximate surface area is 229 Å². The van der Waals surface area contributed by atoms with Crippen LogP contribution in [0.4, 0.5) is 11.6 Å². The van der Waals surface area contributed by atoms with Gasteiger partial charge in [0.2, 0.25) is 5.91 Å². The Morgan fingerprint density at radius 2 is 1.90 bits per heavy atom. The average Bonchev–Trinajstić information content (AvgIpc) is 2.95. The maximum Gasteiger partial charge on any atom is 0.326 e. The number of carboxylic acid groups (broad SMARTS) is 1. The number of amides is 1. The number of pyridine rings is 1. The van der Waals surface area contributed by atoms with E-state index < -0.39 is 12.0 Å². The quantitative estimate of drug-likeness (QED) is 0.217. The van der Waals surface area contributed by atoms with Crippen molar-refractivity contribution in [3.63, 3.8) is 0 Å². The zero-order chi connectivity index (χ0) is 27.5. The number of nitrogens with zero attached hydrogens (tertiary/aromatic N) is 4. The minimum atomic E-state index is -0.961. The van der Waals surface area contributed by atoms with Crippen molar-refractivity contribution in [2.75, 3.05) is 36.8 Å². The van der Waals surface area contributed by atoms with E-state index in [1.807, 2.05) is 30.3 Å². The molecule has 10 nitrogen and oxygen atoms in total. The third-order valence-corrected chi connectivity index (χ3v) is 6.83. The summed E-state index contributed by atoms with van der Waals surface area (Å²) in [5.74, 6) is 0.655. The van der Waals surface area contributed by atoms with Crippen LogP contribution in [0.2, 0.25) is 0 Å². The van der Waals surface area contributed by atoms with E-state index in [0.29, 0.717) is 31.2 Å². The third-order valence-electron chi connectivity index (χ3n) is 6.83. The van der Waals surface area contributed by atoms with Crippen LogP contribution in [0.1, 0.15) is 43.4 Å². The number of hydrogen-bond donors (Lipinski definition) is 4. The molecule has 206 valence electrons. The van der Waals surface area contributed by atoms with Gasteiger partial charge in [-0.05, 0) is 62.8 Å². The lowest BCUT2D eigenvalue weighted by atomic mass is 10.1. The van der Waals surface area contributed by atoms with Gasteiger partial charge in [-0.1, -0.05) is 36.4 Å². The SMILES string of the molecule is NC(=O)CCN(CCCCc1ccc2c(n1)NCCC2)CC[C@H](Nc1ccnc(-c2ccccc2)n1)C(=O)O. The van der Waals surface area contributed by atoms with E-state index in [-0.39, 0.29) is 12.3 Å². The van der Waals surface area contributed by atoms with Crippen molar-refractivity contribution in [1.82, 2.24) is 19.9 Å². The van der Waals surface area contributed by atoms with Gasteiger partial charge in [-0.2, -0.15) is 0 Å². The van der Waals surface area contributed by atoms with Gasteiger partial charge in [0.15, 0.2) is 5.82 Å². The van der Waals surface area contributed by atoms with Crippen LogP contribution in [0, 0.1) is 0 Å². The lowest BCUT2D eigenvalue weighted by molar-refractivity contribution is -0.138. The number of primary amides is 1. The van der Waals surface area contributed by atoms with Crippen molar-refractivity contribution >= 4 is 23.5 Å². The molecule has 39 heavy (non-hydrogen) atoms. The second-order valence-electron chi connectivity index (χ2n) is 9.81. The number of anilines is 2. The lowest BCUT2D eigenvalue weighted by Gasteiger charge is -2.24. The number of nitrogens with two attached hydrogens (primary N) is 1. The molecular weight excluding hydrogens is 494 g/mol. The van der Waals surface area contributed by atoms with Crippen LogP contribution >= 0.6 is 0 Å². The van der Waals surface area contributed by atoms with Crippen molar-refractivity contribution in [3.05, 3.63) is 66.0 Å². The van der Waals surface area contributed by atoms with Crippen LogP contribution in [0.25, 0.3) is 11.4 Å². The molecule has 0 saturated heterocycles. The smallest absolute Gasteiger partial charge is 0.326 e. The first kappa shape index (κ1) is 28.0. The summed E-state index contributed by atoms with van der Waals surface area (Å²) in [6, 6.07) is 14.6. The molecule has 3 aromatic rings. The monoisotopic (exact) mass is 531 g/mol. The summed E-state index contributed by atoms with van der Waals surface area (Å²) in [6.45, 7) is 2.72. The second-order valence-corrected chi connectivity index (χ2v) is 9.81. The summed E-state index contributed by atoms with van der Waals surface area (Å²) in [5, 5.41) is 16.3. The number of aromatic nitrogens is 3. The molecule has 1 aliphatic heterocycles. The minimum absolute atomic E-state index is 0.232. The van der Waals surface area contributed by atoms with Gasteiger partial charge in [0.1, 0.15) is 17.7 Å². The molecule has 1 amide bonds. The average molecular weight is 532 g/mol. The number of carbonyl (C=O) groups is 2. The molecule has 4 rings (SSSR count). The standard InChI is InChI=1S/C29H37N7O3/c30-25(37)15-20-36(18-5-4-10-23-12-11-22-9-6-16-31-27(22)33-23)19-14-24(29(38)39)34-26-13-17-32-28(35-26)21-7-2-1-3-8-21/h1-3,7-8,11-13,17,24H,4-6,9-10,14-16,18-20H2,(H2,30,37)(H,31,33)(H,38,39)(H,32,34,35)/t24-/m0/s1. The Bertz CT molecular complexity index is 1240. The van der Waals surface area contributed by atoms with Gasteiger partial charge in [-0.3, -0.25) is 4.79 Å². The molecule has 0 bridgehead atoms. The van der Waals surface area contributed by atoms with E-state index in [0.717, 1.165) is 62.3 Å². The fourth-order valence-corrected chi connectivity index (χ4v) is 4.67. The summed E-state index contributed by atoms with van der Waals surface area (Å²) in [4.78, 5) is 39.2. The largest absolute Gasteiger partial charge is 0.480 e. The second kappa shape index (κ2) is 14.2. The molecule has 0 saturated carbocycles. The Kier molecular flexibility index (Phi) is 10.2. The number of rotatable bonds is 15. The highest BCUT2D eigenvalue weighted by atomic mass is 16.4.